The van der Waals surface area contributed by atoms with Crippen molar-refractivity contribution in [1.82, 2.24) is 20.4 Å². The lowest BCUT2D eigenvalue weighted by molar-refractivity contribution is 0.0123. The van der Waals surface area contributed by atoms with Gasteiger partial charge in [0.2, 0.25) is 0 Å². The summed E-state index contributed by atoms with van der Waals surface area (Å²) in [7, 11) is 1.79. The molecule has 9 nitrogen and oxygen atoms in total. The zero-order valence-electron chi connectivity index (χ0n) is 19.4. The van der Waals surface area contributed by atoms with Crippen LogP contribution in [0.15, 0.2) is 21.5 Å². The number of rotatable bonds is 5. The van der Waals surface area contributed by atoms with Gasteiger partial charge >= 0.3 is 6.09 Å². The van der Waals surface area contributed by atoms with Crippen LogP contribution in [-0.2, 0) is 9.47 Å². The van der Waals surface area contributed by atoms with E-state index >= 15 is 0 Å². The topological polar surface area (TPSA) is 91.6 Å². The van der Waals surface area contributed by atoms with Crippen molar-refractivity contribution in [3.63, 3.8) is 0 Å². The number of nitrogens with zero attached hydrogens (tertiary/aromatic N) is 3. The monoisotopic (exact) mass is 435 g/mol. The van der Waals surface area contributed by atoms with Crippen molar-refractivity contribution < 1.29 is 18.7 Å². The highest BCUT2D eigenvalue weighted by Crippen LogP contribution is 2.23. The van der Waals surface area contributed by atoms with Crippen molar-refractivity contribution in [2.75, 3.05) is 53.0 Å². The van der Waals surface area contributed by atoms with E-state index in [0.717, 1.165) is 56.7 Å². The highest BCUT2D eigenvalue weighted by molar-refractivity contribution is 5.80. The fourth-order valence-corrected chi connectivity index (χ4v) is 4.00. The van der Waals surface area contributed by atoms with Gasteiger partial charge < -0.3 is 29.4 Å². The molecule has 2 aliphatic rings. The molecule has 0 saturated carbocycles. The van der Waals surface area contributed by atoms with Crippen LogP contribution in [0, 0.1) is 6.92 Å². The van der Waals surface area contributed by atoms with Crippen LogP contribution in [0.3, 0.4) is 0 Å². The van der Waals surface area contributed by atoms with E-state index in [4.69, 9.17) is 13.9 Å². The molecule has 2 aliphatic heterocycles. The lowest BCUT2D eigenvalue weighted by Gasteiger charge is -2.34. The minimum Gasteiger partial charge on any atom is -0.465 e. The number of guanidine groups is 1. The van der Waals surface area contributed by atoms with Crippen molar-refractivity contribution >= 4 is 12.1 Å². The lowest BCUT2D eigenvalue weighted by atomic mass is 10.1. The molecule has 2 unspecified atom stereocenters. The van der Waals surface area contributed by atoms with Gasteiger partial charge in [0.15, 0.2) is 5.96 Å². The molecule has 174 valence electrons. The zero-order chi connectivity index (χ0) is 22.4. The molecular formula is C22H37N5O4. The number of carbonyl (C=O) groups excluding carboxylic acids is 1. The first kappa shape index (κ1) is 23.4. The zero-order valence-corrected chi connectivity index (χ0v) is 19.4. The number of aryl methyl sites for hydroxylation is 1. The summed E-state index contributed by atoms with van der Waals surface area (Å²) in [5, 5.41) is 6.48. The molecule has 2 saturated heterocycles. The lowest BCUT2D eigenvalue weighted by Crippen LogP contribution is -2.48. The van der Waals surface area contributed by atoms with Crippen molar-refractivity contribution in [3.8, 4) is 0 Å². The molecular weight excluding hydrogens is 398 g/mol. The van der Waals surface area contributed by atoms with Crippen LogP contribution in [-0.4, -0.2) is 86.5 Å². The second kappa shape index (κ2) is 10.4. The third kappa shape index (κ3) is 6.87. The summed E-state index contributed by atoms with van der Waals surface area (Å²) in [6, 6.07) is 4.20. The van der Waals surface area contributed by atoms with Crippen molar-refractivity contribution in [2.45, 2.75) is 51.8 Å². The number of morpholine rings is 1. The maximum absolute atomic E-state index is 12.1. The molecule has 0 aliphatic carbocycles. The Balaban J connectivity index is 1.56. The first-order chi connectivity index (χ1) is 14.7. The van der Waals surface area contributed by atoms with Gasteiger partial charge in [-0.25, -0.2) is 4.79 Å². The molecule has 0 spiro atoms. The third-order valence-corrected chi connectivity index (χ3v) is 5.45. The van der Waals surface area contributed by atoms with Crippen LogP contribution in [0.25, 0.3) is 0 Å². The third-order valence-electron chi connectivity index (χ3n) is 5.45. The number of furan rings is 1. The molecule has 0 bridgehead atoms. The average Bonchev–Trinajstić information content (AvgIpc) is 3.33. The fraction of sp³-hybridized carbons (Fsp3) is 0.727. The summed E-state index contributed by atoms with van der Waals surface area (Å²) < 4.78 is 16.9. The number of carbonyl (C=O) groups is 1. The summed E-state index contributed by atoms with van der Waals surface area (Å²) >= 11 is 0. The maximum Gasteiger partial charge on any atom is 0.407 e. The predicted molar refractivity (Wildman–Crippen MR) is 119 cm³/mol. The van der Waals surface area contributed by atoms with E-state index in [1.54, 1.807) is 7.05 Å². The fourth-order valence-electron chi connectivity index (χ4n) is 4.00. The van der Waals surface area contributed by atoms with Crippen LogP contribution in [0.1, 0.15) is 44.8 Å². The predicted octanol–water partition coefficient (Wildman–Crippen LogP) is 2.14. The normalized spacial score (nSPS) is 21.8. The van der Waals surface area contributed by atoms with Gasteiger partial charge in [0, 0.05) is 39.8 Å². The average molecular weight is 436 g/mol. The van der Waals surface area contributed by atoms with Crippen molar-refractivity contribution in [2.24, 2.45) is 4.99 Å². The number of ether oxygens (including phenoxy) is 2. The minimum absolute atomic E-state index is 0.0381. The Morgan fingerprint density at radius 2 is 2.03 bits per heavy atom. The molecule has 0 radical (unpaired) electrons. The Morgan fingerprint density at radius 1 is 1.29 bits per heavy atom. The van der Waals surface area contributed by atoms with Crippen LogP contribution < -0.4 is 10.6 Å². The highest BCUT2D eigenvalue weighted by atomic mass is 16.6. The van der Waals surface area contributed by atoms with Crippen molar-refractivity contribution in [1.29, 1.82) is 0 Å². The molecule has 0 aromatic carbocycles. The second-order valence-corrected chi connectivity index (χ2v) is 9.12. The molecule has 9 heteroatoms. The molecule has 2 fully saturated rings. The molecule has 2 N–H and O–H groups in total. The van der Waals surface area contributed by atoms with Gasteiger partial charge in [-0.05, 0) is 46.2 Å². The number of nitrogens with one attached hydrogen (secondary N) is 2. The SMILES string of the molecule is CN=C(NCC(c1ccc(C)o1)N1CCOCC1)N1CCC(NC(=O)OC(C)(C)C)C1. The van der Waals surface area contributed by atoms with Crippen LogP contribution in [0.4, 0.5) is 4.79 Å². The number of likely N-dealkylation sites (tertiary alicyclic amines) is 1. The van der Waals surface area contributed by atoms with E-state index in [9.17, 15) is 4.79 Å². The number of aliphatic imine (C=N–C) groups is 1. The summed E-state index contributed by atoms with van der Waals surface area (Å²) in [6.45, 7) is 13.0. The summed E-state index contributed by atoms with van der Waals surface area (Å²) in [4.78, 5) is 21.1. The molecule has 1 aromatic heterocycles. The van der Waals surface area contributed by atoms with Gasteiger partial charge in [0.25, 0.3) is 0 Å². The molecule has 1 amide bonds. The number of hydrogen-bond donors (Lipinski definition) is 2. The standard InChI is InChI=1S/C22H37N5O4/c1-16-6-7-19(30-16)18(26-10-12-29-13-11-26)14-24-20(23-5)27-9-8-17(15-27)25-21(28)31-22(2,3)4/h6-7,17-18H,8-15H2,1-5H3,(H,23,24)(H,25,28). The molecule has 3 heterocycles. The quantitative estimate of drug-likeness (QED) is 0.541. The van der Waals surface area contributed by atoms with E-state index in [-0.39, 0.29) is 18.2 Å². The Kier molecular flexibility index (Phi) is 7.83. The Bertz CT molecular complexity index is 751. The van der Waals surface area contributed by atoms with Gasteiger partial charge in [-0.15, -0.1) is 0 Å². The second-order valence-electron chi connectivity index (χ2n) is 9.12. The van der Waals surface area contributed by atoms with Crippen LogP contribution in [0.2, 0.25) is 0 Å². The number of hydrogen-bond acceptors (Lipinski definition) is 6. The van der Waals surface area contributed by atoms with E-state index in [2.05, 4.69) is 31.5 Å². The highest BCUT2D eigenvalue weighted by Gasteiger charge is 2.30. The largest absolute Gasteiger partial charge is 0.465 e. The molecule has 3 rings (SSSR count). The summed E-state index contributed by atoms with van der Waals surface area (Å²) in [5.74, 6) is 2.69. The summed E-state index contributed by atoms with van der Waals surface area (Å²) in [5.41, 5.74) is -0.501. The van der Waals surface area contributed by atoms with E-state index < -0.39 is 5.60 Å². The van der Waals surface area contributed by atoms with Crippen LogP contribution in [0.5, 0.6) is 0 Å². The molecule has 2 atom stereocenters. The first-order valence-corrected chi connectivity index (χ1v) is 11.1. The minimum atomic E-state index is -0.501. The van der Waals surface area contributed by atoms with Gasteiger partial charge in [-0.2, -0.15) is 0 Å². The van der Waals surface area contributed by atoms with E-state index in [0.29, 0.717) is 13.1 Å². The Morgan fingerprint density at radius 3 is 2.65 bits per heavy atom. The maximum atomic E-state index is 12.1. The first-order valence-electron chi connectivity index (χ1n) is 11.1. The Hall–Kier alpha value is -2.26. The Labute approximate surface area is 185 Å². The molecule has 1 aromatic rings. The van der Waals surface area contributed by atoms with Crippen molar-refractivity contribution in [3.05, 3.63) is 23.7 Å². The summed E-state index contributed by atoms with van der Waals surface area (Å²) in [6.07, 6.45) is 0.479. The number of alkyl carbamates (subject to hydrolysis) is 1. The van der Waals surface area contributed by atoms with E-state index in [1.165, 1.54) is 0 Å². The van der Waals surface area contributed by atoms with E-state index in [1.807, 2.05) is 33.8 Å². The van der Waals surface area contributed by atoms with Gasteiger partial charge in [-0.1, -0.05) is 0 Å². The van der Waals surface area contributed by atoms with Gasteiger partial charge in [0.05, 0.1) is 25.3 Å². The molecule has 31 heavy (non-hydrogen) atoms. The number of amides is 1. The van der Waals surface area contributed by atoms with Gasteiger partial charge in [-0.3, -0.25) is 9.89 Å². The van der Waals surface area contributed by atoms with Gasteiger partial charge in [0.1, 0.15) is 17.1 Å². The smallest absolute Gasteiger partial charge is 0.407 e. The van der Waals surface area contributed by atoms with Crippen LogP contribution >= 0.6 is 0 Å².